The molecule has 1 aromatic heterocycles. The van der Waals surface area contributed by atoms with Crippen LogP contribution in [0, 0.1) is 0 Å². The van der Waals surface area contributed by atoms with E-state index >= 15 is 0 Å². The molecule has 0 aromatic carbocycles. The van der Waals surface area contributed by atoms with Gasteiger partial charge in [-0.3, -0.25) is 0 Å². The van der Waals surface area contributed by atoms with Crippen LogP contribution in [0.25, 0.3) is 0 Å². The average molecular weight is 307 g/mol. The van der Waals surface area contributed by atoms with E-state index in [1.807, 2.05) is 6.92 Å². The monoisotopic (exact) mass is 307 g/mol. The summed E-state index contributed by atoms with van der Waals surface area (Å²) in [5.41, 5.74) is 0. The molecule has 19 heavy (non-hydrogen) atoms. The van der Waals surface area contributed by atoms with Crippen molar-refractivity contribution in [2.75, 3.05) is 24.6 Å². The number of nitrogens with one attached hydrogen (secondary N) is 1. The molecule has 2 rings (SSSR count). The van der Waals surface area contributed by atoms with Crippen LogP contribution < -0.4 is 0 Å². The summed E-state index contributed by atoms with van der Waals surface area (Å²) in [5, 5.41) is 0.0312. The molecule has 1 fully saturated rings. The van der Waals surface area contributed by atoms with Gasteiger partial charge in [0.2, 0.25) is 0 Å². The second kappa shape index (κ2) is 5.22. The minimum Gasteiger partial charge on any atom is -0.332 e. The fraction of sp³-hybridized carbons (Fsp3) is 0.700. The number of sulfone groups is 1. The SMILES string of the molecule is CCc1ncc(S(=O)(=O)N2CCCS(=O)(=O)CC2)[nH]1. The lowest BCUT2D eigenvalue weighted by atomic mass is 10.5. The maximum atomic E-state index is 12.3. The van der Waals surface area contributed by atoms with Crippen LogP contribution in [-0.4, -0.2) is 55.7 Å². The van der Waals surface area contributed by atoms with Crippen LogP contribution in [-0.2, 0) is 26.3 Å². The highest BCUT2D eigenvalue weighted by molar-refractivity contribution is 7.91. The summed E-state index contributed by atoms with van der Waals surface area (Å²) in [5.74, 6) is 0.518. The van der Waals surface area contributed by atoms with Gasteiger partial charge in [-0.1, -0.05) is 6.92 Å². The summed E-state index contributed by atoms with van der Waals surface area (Å²) in [6.45, 7) is 2.10. The van der Waals surface area contributed by atoms with Crippen LogP contribution in [0.15, 0.2) is 11.2 Å². The highest BCUT2D eigenvalue weighted by Crippen LogP contribution is 2.16. The van der Waals surface area contributed by atoms with Crippen LogP contribution in [0.1, 0.15) is 19.2 Å². The largest absolute Gasteiger partial charge is 0.332 e. The maximum absolute atomic E-state index is 12.3. The summed E-state index contributed by atoms with van der Waals surface area (Å²) in [4.78, 5) is 6.72. The van der Waals surface area contributed by atoms with Crippen molar-refractivity contribution in [2.45, 2.75) is 24.8 Å². The van der Waals surface area contributed by atoms with Crippen LogP contribution in [0.4, 0.5) is 0 Å². The van der Waals surface area contributed by atoms with Gasteiger partial charge in [0.1, 0.15) is 5.82 Å². The summed E-state index contributed by atoms with van der Waals surface area (Å²) in [6, 6.07) is 0. The molecule has 1 aromatic rings. The summed E-state index contributed by atoms with van der Waals surface area (Å²) in [7, 11) is -6.80. The topological polar surface area (TPSA) is 100 Å². The van der Waals surface area contributed by atoms with E-state index in [4.69, 9.17) is 0 Å². The molecule has 7 nitrogen and oxygen atoms in total. The van der Waals surface area contributed by atoms with Crippen molar-refractivity contribution in [3.63, 3.8) is 0 Å². The van der Waals surface area contributed by atoms with Gasteiger partial charge < -0.3 is 4.98 Å². The molecule has 108 valence electrons. The molecule has 1 N–H and O–H groups in total. The van der Waals surface area contributed by atoms with Gasteiger partial charge in [-0.25, -0.2) is 21.8 Å². The van der Waals surface area contributed by atoms with E-state index in [1.165, 1.54) is 10.5 Å². The number of aromatic amines is 1. The number of rotatable bonds is 3. The van der Waals surface area contributed by atoms with Gasteiger partial charge in [-0.2, -0.15) is 4.31 Å². The van der Waals surface area contributed by atoms with Crippen LogP contribution in [0.2, 0.25) is 0 Å². The molecule has 9 heteroatoms. The Morgan fingerprint density at radius 3 is 2.74 bits per heavy atom. The number of aryl methyl sites for hydroxylation is 1. The van der Waals surface area contributed by atoms with E-state index in [0.29, 0.717) is 18.7 Å². The van der Waals surface area contributed by atoms with Crippen LogP contribution >= 0.6 is 0 Å². The third-order valence-corrected chi connectivity index (χ3v) is 6.60. The van der Waals surface area contributed by atoms with Crippen LogP contribution in [0.3, 0.4) is 0 Å². The number of hydrogen-bond donors (Lipinski definition) is 1. The summed E-state index contributed by atoms with van der Waals surface area (Å²) in [6.07, 6.45) is 2.23. The zero-order valence-electron chi connectivity index (χ0n) is 10.7. The molecule has 0 atom stereocenters. The highest BCUT2D eigenvalue weighted by atomic mass is 32.2. The first-order chi connectivity index (χ1) is 8.85. The Balaban J connectivity index is 2.24. The Bertz CT molecular complexity index is 648. The highest BCUT2D eigenvalue weighted by Gasteiger charge is 2.30. The number of hydrogen-bond acceptors (Lipinski definition) is 5. The van der Waals surface area contributed by atoms with E-state index in [-0.39, 0.29) is 29.6 Å². The van der Waals surface area contributed by atoms with Gasteiger partial charge >= 0.3 is 0 Å². The Morgan fingerprint density at radius 1 is 1.37 bits per heavy atom. The predicted molar refractivity (Wildman–Crippen MR) is 70.0 cm³/mol. The van der Waals surface area contributed by atoms with Crippen LogP contribution in [0.5, 0.6) is 0 Å². The lowest BCUT2D eigenvalue weighted by Gasteiger charge is -2.17. The first-order valence-corrected chi connectivity index (χ1v) is 9.36. The number of imidazole rings is 1. The van der Waals surface area contributed by atoms with Gasteiger partial charge in [0.15, 0.2) is 14.9 Å². The Labute approximate surface area is 113 Å². The lowest BCUT2D eigenvalue weighted by Crippen LogP contribution is -2.33. The summed E-state index contributed by atoms with van der Waals surface area (Å²) >= 11 is 0. The molecule has 0 spiro atoms. The molecule has 1 aliphatic heterocycles. The maximum Gasteiger partial charge on any atom is 0.260 e. The molecule has 0 unspecified atom stereocenters. The van der Waals surface area contributed by atoms with Crippen molar-refractivity contribution >= 4 is 19.9 Å². The Morgan fingerprint density at radius 2 is 2.11 bits per heavy atom. The fourth-order valence-corrected chi connectivity index (χ4v) is 4.75. The van der Waals surface area contributed by atoms with Crippen molar-refractivity contribution in [1.29, 1.82) is 0 Å². The van der Waals surface area contributed by atoms with Gasteiger partial charge in [0.05, 0.1) is 17.7 Å². The molecule has 0 aliphatic carbocycles. The number of aromatic nitrogens is 2. The minimum absolute atomic E-state index is 0.00510. The van der Waals surface area contributed by atoms with Crippen molar-refractivity contribution in [3.05, 3.63) is 12.0 Å². The summed E-state index contributed by atoms with van der Waals surface area (Å²) < 4.78 is 48.9. The molecule has 0 amide bonds. The van der Waals surface area contributed by atoms with Gasteiger partial charge in [-0.15, -0.1) is 0 Å². The zero-order valence-corrected chi connectivity index (χ0v) is 12.3. The third-order valence-electron chi connectivity index (χ3n) is 3.07. The first-order valence-electron chi connectivity index (χ1n) is 6.09. The molecule has 1 aliphatic rings. The van der Waals surface area contributed by atoms with Gasteiger partial charge in [-0.05, 0) is 6.42 Å². The molecule has 2 heterocycles. The number of sulfonamides is 1. The Kier molecular flexibility index (Phi) is 3.98. The molecule has 0 bridgehead atoms. The quantitative estimate of drug-likeness (QED) is 0.832. The number of nitrogens with zero attached hydrogens (tertiary/aromatic N) is 2. The molecule has 1 saturated heterocycles. The van der Waals surface area contributed by atoms with E-state index in [1.54, 1.807) is 0 Å². The predicted octanol–water partition coefficient (Wildman–Crippen LogP) is -0.219. The third kappa shape index (κ3) is 3.15. The van der Waals surface area contributed by atoms with Gasteiger partial charge in [0.25, 0.3) is 10.0 Å². The number of H-pyrrole nitrogens is 1. The lowest BCUT2D eigenvalue weighted by molar-refractivity contribution is 0.432. The molecule has 0 saturated carbocycles. The second-order valence-corrected chi connectivity index (χ2v) is 8.67. The molecule has 0 radical (unpaired) electrons. The van der Waals surface area contributed by atoms with E-state index in [0.717, 1.165) is 0 Å². The van der Waals surface area contributed by atoms with Crippen molar-refractivity contribution in [1.82, 2.24) is 14.3 Å². The van der Waals surface area contributed by atoms with E-state index in [9.17, 15) is 16.8 Å². The smallest absolute Gasteiger partial charge is 0.260 e. The molecular formula is C10H17N3O4S2. The van der Waals surface area contributed by atoms with Crippen molar-refractivity contribution in [3.8, 4) is 0 Å². The fourth-order valence-electron chi connectivity index (χ4n) is 1.95. The minimum atomic E-state index is -3.67. The Hall–Kier alpha value is -0.930. The first kappa shape index (κ1) is 14.5. The van der Waals surface area contributed by atoms with Crippen molar-refractivity contribution in [2.24, 2.45) is 0 Å². The second-order valence-electron chi connectivity index (χ2n) is 4.46. The molecular weight excluding hydrogens is 290 g/mol. The normalized spacial score (nSPS) is 21.1. The zero-order chi connectivity index (χ0) is 14.1. The van der Waals surface area contributed by atoms with E-state index in [2.05, 4.69) is 9.97 Å². The standard InChI is InChI=1S/C10H17N3O4S2/c1-2-9-11-8-10(12-9)19(16,17)13-4-3-6-18(14,15)7-5-13/h8H,2-7H2,1H3,(H,11,12). The van der Waals surface area contributed by atoms with E-state index < -0.39 is 19.9 Å². The van der Waals surface area contributed by atoms with Gasteiger partial charge in [0, 0.05) is 19.5 Å². The van der Waals surface area contributed by atoms with Crippen molar-refractivity contribution < 1.29 is 16.8 Å². The average Bonchev–Trinajstić information content (AvgIpc) is 2.75.